The summed E-state index contributed by atoms with van der Waals surface area (Å²) in [5.41, 5.74) is 5.60. The van der Waals surface area contributed by atoms with E-state index in [9.17, 15) is 18.3 Å². The first-order valence-electron chi connectivity index (χ1n) is 7.55. The summed E-state index contributed by atoms with van der Waals surface area (Å²) in [4.78, 5) is 10.4. The van der Waals surface area contributed by atoms with Crippen molar-refractivity contribution in [1.29, 1.82) is 0 Å². The monoisotopic (exact) mass is 394 g/mol. The normalized spacial score (nSPS) is 12.0. The van der Waals surface area contributed by atoms with Crippen LogP contribution < -0.4 is 15.3 Å². The number of aryl methyl sites for hydroxylation is 1. The van der Waals surface area contributed by atoms with Crippen LogP contribution in [0.2, 0.25) is 5.02 Å². The van der Waals surface area contributed by atoms with Crippen molar-refractivity contribution in [3.05, 3.63) is 58.6 Å². The lowest BCUT2D eigenvalue weighted by molar-refractivity contribution is -0.303. The van der Waals surface area contributed by atoms with E-state index < -0.39 is 22.5 Å². The third-order valence-electron chi connectivity index (χ3n) is 3.49. The van der Waals surface area contributed by atoms with Crippen LogP contribution in [0.15, 0.2) is 52.5 Å². The molecular weight excluding hydrogens is 378 g/mol. The van der Waals surface area contributed by atoms with E-state index in [0.717, 1.165) is 5.56 Å². The minimum absolute atomic E-state index is 0.0656. The van der Waals surface area contributed by atoms with Gasteiger partial charge < -0.3 is 9.90 Å². The van der Waals surface area contributed by atoms with Crippen molar-refractivity contribution in [3.63, 3.8) is 0 Å². The van der Waals surface area contributed by atoms with Gasteiger partial charge in [0.25, 0.3) is 0 Å². The minimum atomic E-state index is -3.95. The summed E-state index contributed by atoms with van der Waals surface area (Å²) in [6.07, 6.45) is 0. The predicted octanol–water partition coefficient (Wildman–Crippen LogP) is 1.51. The van der Waals surface area contributed by atoms with Gasteiger partial charge in [0.05, 0.1) is 28.8 Å². The first kappa shape index (κ1) is 19.9. The summed E-state index contributed by atoms with van der Waals surface area (Å²) < 4.78 is 26.1. The number of carbonyl (C=O) groups is 1. The summed E-state index contributed by atoms with van der Waals surface area (Å²) in [5, 5.41) is 15.3. The highest BCUT2D eigenvalue weighted by molar-refractivity contribution is 7.89. The lowest BCUT2D eigenvalue weighted by Gasteiger charge is -2.09. The molecule has 2 aromatic carbocycles. The molecule has 0 aromatic heterocycles. The minimum Gasteiger partial charge on any atom is -0.549 e. The van der Waals surface area contributed by atoms with Gasteiger partial charge in [-0.05, 0) is 49.2 Å². The van der Waals surface area contributed by atoms with Gasteiger partial charge in [0, 0.05) is 5.02 Å². The van der Waals surface area contributed by atoms with Gasteiger partial charge in [0.1, 0.15) is 0 Å². The number of rotatable bonds is 7. The molecule has 2 rings (SSSR count). The number of hydrogen-bond donors (Lipinski definition) is 2. The van der Waals surface area contributed by atoms with Gasteiger partial charge >= 0.3 is 0 Å². The van der Waals surface area contributed by atoms with Gasteiger partial charge in [0.15, 0.2) is 0 Å². The van der Waals surface area contributed by atoms with Crippen molar-refractivity contribution in [2.24, 2.45) is 5.10 Å². The average molecular weight is 395 g/mol. The van der Waals surface area contributed by atoms with E-state index in [1.54, 1.807) is 25.1 Å². The standard InChI is InChI=1S/C17H18ClN3O4S/c1-11-6-7-14(9-16(11)18)21-20-12(2)13-4-3-5-15(8-13)26(24,25)19-10-17(22)23/h3-9,19,21H,10H2,1-2H3,(H,22,23)/p-1/b20-12-. The molecule has 0 saturated carbocycles. The molecule has 0 amide bonds. The number of anilines is 1. The number of hydrazone groups is 1. The first-order chi connectivity index (χ1) is 12.2. The van der Waals surface area contributed by atoms with E-state index in [-0.39, 0.29) is 4.90 Å². The van der Waals surface area contributed by atoms with Crippen LogP contribution in [-0.4, -0.2) is 26.6 Å². The molecule has 0 aliphatic heterocycles. The Hall–Kier alpha value is -2.42. The van der Waals surface area contributed by atoms with Crippen LogP contribution in [0.1, 0.15) is 18.1 Å². The summed E-state index contributed by atoms with van der Waals surface area (Å²) in [6.45, 7) is 2.81. The van der Waals surface area contributed by atoms with Crippen molar-refractivity contribution < 1.29 is 18.3 Å². The number of hydrogen-bond acceptors (Lipinski definition) is 6. The molecule has 7 nitrogen and oxygen atoms in total. The second-order valence-electron chi connectivity index (χ2n) is 5.50. The largest absolute Gasteiger partial charge is 0.549 e. The topological polar surface area (TPSA) is 111 Å². The quantitative estimate of drug-likeness (QED) is 0.546. The molecule has 0 fully saturated rings. The molecule has 2 N–H and O–H groups in total. The highest BCUT2D eigenvalue weighted by atomic mass is 35.5. The summed E-state index contributed by atoms with van der Waals surface area (Å²) in [7, 11) is -3.95. The molecule has 9 heteroatoms. The average Bonchev–Trinajstić information content (AvgIpc) is 2.61. The maximum Gasteiger partial charge on any atom is 0.240 e. The van der Waals surface area contributed by atoms with Crippen molar-refractivity contribution in [1.82, 2.24) is 4.72 Å². The van der Waals surface area contributed by atoms with E-state index in [4.69, 9.17) is 11.6 Å². The van der Waals surface area contributed by atoms with Gasteiger partial charge in [-0.15, -0.1) is 0 Å². The molecular formula is C17H17ClN3O4S-. The third-order valence-corrected chi connectivity index (χ3v) is 5.30. The van der Waals surface area contributed by atoms with Gasteiger partial charge in [-0.25, -0.2) is 13.1 Å². The van der Waals surface area contributed by atoms with E-state index in [1.165, 1.54) is 12.1 Å². The molecule has 138 valence electrons. The van der Waals surface area contributed by atoms with E-state index in [2.05, 4.69) is 10.5 Å². The Kier molecular flexibility index (Phi) is 6.36. The fourth-order valence-electron chi connectivity index (χ4n) is 2.00. The lowest BCUT2D eigenvalue weighted by atomic mass is 10.1. The molecule has 26 heavy (non-hydrogen) atoms. The number of nitrogens with zero attached hydrogens (tertiary/aromatic N) is 1. The van der Waals surface area contributed by atoms with Crippen molar-refractivity contribution in [2.75, 3.05) is 12.0 Å². The van der Waals surface area contributed by atoms with E-state index >= 15 is 0 Å². The van der Waals surface area contributed by atoms with Crippen LogP contribution in [0.4, 0.5) is 5.69 Å². The fourth-order valence-corrected chi connectivity index (χ4v) is 3.20. The molecule has 0 saturated heterocycles. The number of nitrogens with one attached hydrogen (secondary N) is 2. The van der Waals surface area contributed by atoms with Crippen molar-refractivity contribution in [2.45, 2.75) is 18.7 Å². The zero-order valence-electron chi connectivity index (χ0n) is 14.1. The Bertz CT molecular complexity index is 958. The van der Waals surface area contributed by atoms with Crippen molar-refractivity contribution in [3.8, 4) is 0 Å². The van der Waals surface area contributed by atoms with Gasteiger partial charge in [-0.2, -0.15) is 5.10 Å². The number of aliphatic carboxylic acids is 1. The second-order valence-corrected chi connectivity index (χ2v) is 7.67. The fraction of sp³-hybridized carbons (Fsp3) is 0.176. The Balaban J connectivity index is 2.20. The number of carbonyl (C=O) groups excluding carboxylic acids is 1. The molecule has 0 spiro atoms. The molecule has 0 bridgehead atoms. The second kappa shape index (κ2) is 8.31. The Morgan fingerprint density at radius 2 is 1.96 bits per heavy atom. The van der Waals surface area contributed by atoms with E-state index in [0.29, 0.717) is 22.0 Å². The van der Waals surface area contributed by atoms with Gasteiger partial charge in [0.2, 0.25) is 10.0 Å². The molecule has 0 atom stereocenters. The summed E-state index contributed by atoms with van der Waals surface area (Å²) in [5.74, 6) is -1.51. The zero-order valence-corrected chi connectivity index (χ0v) is 15.7. The third kappa shape index (κ3) is 5.29. The Labute approximate surface area is 156 Å². The number of halogens is 1. The SMILES string of the molecule is C/C(=N/Nc1ccc(C)c(Cl)c1)c1cccc(S(=O)(=O)NCC(=O)[O-])c1. The Morgan fingerprint density at radius 1 is 1.23 bits per heavy atom. The van der Waals surface area contributed by atoms with Crippen molar-refractivity contribution >= 4 is 39.0 Å². The highest BCUT2D eigenvalue weighted by Gasteiger charge is 2.14. The molecule has 0 heterocycles. The number of sulfonamides is 1. The maximum atomic E-state index is 12.1. The molecule has 2 aromatic rings. The number of benzene rings is 2. The van der Waals surface area contributed by atoms with Gasteiger partial charge in [-0.1, -0.05) is 29.8 Å². The van der Waals surface area contributed by atoms with Crippen LogP contribution in [0.25, 0.3) is 0 Å². The van der Waals surface area contributed by atoms with Crippen LogP contribution in [0.5, 0.6) is 0 Å². The predicted molar refractivity (Wildman–Crippen MR) is 98.7 cm³/mol. The smallest absolute Gasteiger partial charge is 0.240 e. The molecule has 0 radical (unpaired) electrons. The van der Waals surface area contributed by atoms with Crippen LogP contribution in [0, 0.1) is 6.92 Å². The van der Waals surface area contributed by atoms with E-state index in [1.807, 2.05) is 23.8 Å². The number of carboxylic acid groups (broad SMARTS) is 1. The van der Waals surface area contributed by atoms with Crippen LogP contribution in [-0.2, 0) is 14.8 Å². The van der Waals surface area contributed by atoms with Crippen LogP contribution >= 0.6 is 11.6 Å². The first-order valence-corrected chi connectivity index (χ1v) is 9.41. The molecule has 0 aliphatic rings. The molecule has 0 unspecified atom stereocenters. The van der Waals surface area contributed by atoms with Gasteiger partial charge in [-0.3, -0.25) is 5.43 Å². The molecule has 0 aliphatic carbocycles. The highest BCUT2D eigenvalue weighted by Crippen LogP contribution is 2.20. The Morgan fingerprint density at radius 3 is 2.62 bits per heavy atom. The number of carboxylic acids is 1. The summed E-state index contributed by atoms with van der Waals surface area (Å²) in [6, 6.07) is 11.4. The summed E-state index contributed by atoms with van der Waals surface area (Å²) >= 11 is 6.06. The lowest BCUT2D eigenvalue weighted by Crippen LogP contribution is -2.37. The zero-order chi connectivity index (χ0) is 19.3. The maximum absolute atomic E-state index is 12.1. The van der Waals surface area contributed by atoms with Crippen LogP contribution in [0.3, 0.4) is 0 Å².